The molecule has 3 aromatic rings. The fourth-order valence-electron chi connectivity index (χ4n) is 5.61. The first kappa shape index (κ1) is 22.4. The van der Waals surface area contributed by atoms with E-state index in [4.69, 9.17) is 7.85 Å². The predicted molar refractivity (Wildman–Crippen MR) is 138 cm³/mol. The Bertz CT molecular complexity index is 1140. The van der Waals surface area contributed by atoms with Crippen LogP contribution in [-0.4, -0.2) is 7.85 Å². The Labute approximate surface area is 194 Å². The van der Waals surface area contributed by atoms with E-state index in [-0.39, 0.29) is 10.8 Å². The smallest absolute Gasteiger partial charge is 0.114 e. The van der Waals surface area contributed by atoms with Crippen LogP contribution in [0.25, 0.3) is 0 Å². The van der Waals surface area contributed by atoms with Crippen LogP contribution >= 0.6 is 11.3 Å². The summed E-state index contributed by atoms with van der Waals surface area (Å²) in [6.07, 6.45) is 3.85. The van der Waals surface area contributed by atoms with E-state index in [0.29, 0.717) is 0 Å². The number of rotatable bonds is 4. The Morgan fingerprint density at radius 1 is 0.710 bits per heavy atom. The SMILES string of the molecule is [B]c1ccc(C(C)(C)c2ccc(C(C)(C)c3cc4c(s3)CCC4)c(C)c2C)c(C)c1C. The molecule has 0 spiro atoms. The molecule has 0 saturated carbocycles. The van der Waals surface area contributed by atoms with Crippen LogP contribution in [0, 0.1) is 27.7 Å². The minimum Gasteiger partial charge on any atom is -0.144 e. The molecule has 0 amide bonds. The topological polar surface area (TPSA) is 0 Å². The number of aryl methyl sites for hydroxylation is 2. The monoisotopic (exact) mass is 426 g/mol. The molecule has 0 bridgehead atoms. The summed E-state index contributed by atoms with van der Waals surface area (Å²) in [5.41, 5.74) is 12.0. The molecule has 2 heteroatoms. The molecule has 0 aliphatic heterocycles. The molecule has 1 aromatic heterocycles. The zero-order valence-electron chi connectivity index (χ0n) is 20.5. The Morgan fingerprint density at radius 2 is 1.23 bits per heavy atom. The van der Waals surface area contributed by atoms with Crippen LogP contribution in [0.15, 0.2) is 30.3 Å². The van der Waals surface area contributed by atoms with Crippen molar-refractivity contribution in [3.8, 4) is 0 Å². The maximum absolute atomic E-state index is 6.18. The maximum Gasteiger partial charge on any atom is 0.114 e. The normalized spacial score (nSPS) is 14.2. The van der Waals surface area contributed by atoms with Crippen molar-refractivity contribution in [3.05, 3.63) is 84.6 Å². The average Bonchev–Trinajstić information content (AvgIpc) is 3.30. The van der Waals surface area contributed by atoms with Gasteiger partial charge in [-0.25, -0.2) is 0 Å². The van der Waals surface area contributed by atoms with Gasteiger partial charge in [0.15, 0.2) is 0 Å². The lowest BCUT2D eigenvalue weighted by atomic mass is 9.70. The first-order valence-electron chi connectivity index (χ1n) is 11.6. The Morgan fingerprint density at radius 3 is 1.81 bits per heavy atom. The highest BCUT2D eigenvalue weighted by Crippen LogP contribution is 2.44. The van der Waals surface area contributed by atoms with Gasteiger partial charge in [-0.1, -0.05) is 63.0 Å². The van der Waals surface area contributed by atoms with E-state index in [1.807, 2.05) is 11.3 Å². The Balaban J connectivity index is 1.79. The second-order valence-electron chi connectivity index (χ2n) is 10.5. The van der Waals surface area contributed by atoms with E-state index in [2.05, 4.69) is 85.7 Å². The van der Waals surface area contributed by atoms with Gasteiger partial charge >= 0.3 is 0 Å². The number of thiophene rings is 1. The predicted octanol–water partition coefficient (Wildman–Crippen LogP) is 6.92. The van der Waals surface area contributed by atoms with Gasteiger partial charge in [-0.05, 0) is 92.0 Å². The molecule has 2 aromatic carbocycles. The van der Waals surface area contributed by atoms with Gasteiger partial charge in [0.05, 0.1) is 0 Å². The summed E-state index contributed by atoms with van der Waals surface area (Å²) in [5.74, 6) is 0. The highest BCUT2D eigenvalue weighted by atomic mass is 32.1. The molecular formula is C29H35BS. The molecule has 31 heavy (non-hydrogen) atoms. The van der Waals surface area contributed by atoms with Crippen molar-refractivity contribution in [3.63, 3.8) is 0 Å². The number of hydrogen-bond acceptors (Lipinski definition) is 1. The van der Waals surface area contributed by atoms with E-state index in [1.54, 1.807) is 10.4 Å². The summed E-state index contributed by atoms with van der Waals surface area (Å²) in [4.78, 5) is 3.13. The fraction of sp³-hybridized carbons (Fsp3) is 0.448. The minimum atomic E-state index is -0.0792. The van der Waals surface area contributed by atoms with Gasteiger partial charge in [-0.15, -0.1) is 11.3 Å². The maximum atomic E-state index is 6.18. The van der Waals surface area contributed by atoms with E-state index >= 15 is 0 Å². The van der Waals surface area contributed by atoms with Crippen molar-refractivity contribution in [2.24, 2.45) is 0 Å². The van der Waals surface area contributed by atoms with Crippen molar-refractivity contribution < 1.29 is 0 Å². The van der Waals surface area contributed by atoms with Gasteiger partial charge in [0.25, 0.3) is 0 Å². The molecule has 2 radical (unpaired) electrons. The summed E-state index contributed by atoms with van der Waals surface area (Å²) < 4.78 is 0. The lowest BCUT2D eigenvalue weighted by Gasteiger charge is -2.34. The molecule has 4 rings (SSSR count). The fourth-order valence-corrected chi connectivity index (χ4v) is 6.98. The Kier molecular flexibility index (Phi) is 5.53. The molecule has 0 fully saturated rings. The van der Waals surface area contributed by atoms with Gasteiger partial charge in [0.2, 0.25) is 0 Å². The second-order valence-corrected chi connectivity index (χ2v) is 11.7. The van der Waals surface area contributed by atoms with Crippen LogP contribution in [0.1, 0.15) is 88.4 Å². The lowest BCUT2D eigenvalue weighted by Crippen LogP contribution is -2.26. The summed E-state index contributed by atoms with van der Waals surface area (Å²) in [6, 6.07) is 11.5. The van der Waals surface area contributed by atoms with Gasteiger partial charge in [0, 0.05) is 20.6 Å². The highest BCUT2D eigenvalue weighted by molar-refractivity contribution is 7.12. The summed E-state index contributed by atoms with van der Waals surface area (Å²) in [5, 5.41) is 0. The third-order valence-corrected chi connectivity index (χ3v) is 9.56. The van der Waals surface area contributed by atoms with Crippen molar-refractivity contribution in [1.29, 1.82) is 0 Å². The number of benzene rings is 2. The Hall–Kier alpha value is -1.80. The first-order chi connectivity index (χ1) is 14.5. The molecule has 0 atom stereocenters. The average molecular weight is 426 g/mol. The van der Waals surface area contributed by atoms with Crippen LogP contribution in [0.4, 0.5) is 0 Å². The van der Waals surface area contributed by atoms with Gasteiger partial charge < -0.3 is 0 Å². The first-order valence-corrected chi connectivity index (χ1v) is 12.4. The van der Waals surface area contributed by atoms with Crippen LogP contribution in [-0.2, 0) is 23.7 Å². The van der Waals surface area contributed by atoms with Crippen LogP contribution in [0.3, 0.4) is 0 Å². The molecule has 1 aliphatic rings. The van der Waals surface area contributed by atoms with Crippen LogP contribution in [0.5, 0.6) is 0 Å². The number of fused-ring (bicyclic) bond motifs is 1. The van der Waals surface area contributed by atoms with Crippen LogP contribution in [0.2, 0.25) is 0 Å². The zero-order valence-corrected chi connectivity index (χ0v) is 21.3. The summed E-state index contributed by atoms with van der Waals surface area (Å²) >= 11 is 2.04. The third kappa shape index (κ3) is 3.52. The van der Waals surface area contributed by atoms with Crippen molar-refractivity contribution in [2.75, 3.05) is 0 Å². The van der Waals surface area contributed by atoms with E-state index in [9.17, 15) is 0 Å². The van der Waals surface area contributed by atoms with E-state index in [0.717, 1.165) is 5.46 Å². The van der Waals surface area contributed by atoms with Gasteiger partial charge in [0.1, 0.15) is 7.85 Å². The lowest BCUT2D eigenvalue weighted by molar-refractivity contribution is 0.619. The van der Waals surface area contributed by atoms with Gasteiger partial charge in [-0.2, -0.15) is 0 Å². The molecular weight excluding hydrogens is 391 g/mol. The van der Waals surface area contributed by atoms with Gasteiger partial charge in [-0.3, -0.25) is 0 Å². The second kappa shape index (κ2) is 7.66. The molecule has 0 unspecified atom stereocenters. The van der Waals surface area contributed by atoms with E-state index in [1.165, 1.54) is 63.1 Å². The minimum absolute atomic E-state index is 0.0280. The standard InChI is InChI=1S/C29H35BS/c1-17-18(2)24(29(7,8)27-16-21-10-9-11-26(21)31-27)13-12-22(17)28(5,6)23-14-15-25(30)20(4)19(23)3/h12-16H,9-11H2,1-8H3. The quantitative estimate of drug-likeness (QED) is 0.398. The number of hydrogen-bond donors (Lipinski definition) is 0. The molecule has 0 nitrogen and oxygen atoms in total. The summed E-state index contributed by atoms with van der Waals surface area (Å²) in [6.45, 7) is 18.4. The largest absolute Gasteiger partial charge is 0.144 e. The van der Waals surface area contributed by atoms with E-state index < -0.39 is 0 Å². The third-order valence-electron chi connectivity index (χ3n) is 8.00. The molecule has 0 N–H and O–H groups in total. The molecule has 0 saturated heterocycles. The highest BCUT2D eigenvalue weighted by Gasteiger charge is 2.33. The van der Waals surface area contributed by atoms with Crippen molar-refractivity contribution in [2.45, 2.75) is 85.5 Å². The molecule has 1 heterocycles. The van der Waals surface area contributed by atoms with Crippen molar-refractivity contribution in [1.82, 2.24) is 0 Å². The molecule has 160 valence electrons. The van der Waals surface area contributed by atoms with Crippen molar-refractivity contribution >= 4 is 24.6 Å². The van der Waals surface area contributed by atoms with Crippen LogP contribution < -0.4 is 5.46 Å². The zero-order chi connectivity index (χ0) is 22.7. The summed E-state index contributed by atoms with van der Waals surface area (Å²) in [7, 11) is 6.18. The molecule has 1 aliphatic carbocycles.